The molecule has 0 saturated heterocycles. The van der Waals surface area contributed by atoms with Crippen molar-refractivity contribution in [2.75, 3.05) is 6.54 Å². The second kappa shape index (κ2) is 6.15. The number of aryl methyl sites for hydroxylation is 1. The molecule has 2 rings (SSSR count). The van der Waals surface area contributed by atoms with Crippen LogP contribution in [-0.2, 0) is 10.0 Å². The van der Waals surface area contributed by atoms with Crippen LogP contribution >= 0.6 is 0 Å². The van der Waals surface area contributed by atoms with E-state index in [-0.39, 0.29) is 10.9 Å². The van der Waals surface area contributed by atoms with E-state index in [1.165, 1.54) is 6.07 Å². The fourth-order valence-corrected chi connectivity index (χ4v) is 2.88. The molecule has 0 bridgehead atoms. The zero-order valence-corrected chi connectivity index (χ0v) is 12.4. The van der Waals surface area contributed by atoms with Gasteiger partial charge in [0, 0.05) is 12.7 Å². The highest BCUT2D eigenvalue weighted by atomic mass is 32.2. The maximum Gasteiger partial charge on any atom is 0.258 e. The number of benzene rings is 1. The molecule has 0 fully saturated rings. The third kappa shape index (κ3) is 3.65. The number of hydrogen-bond donors (Lipinski definition) is 1. The van der Waals surface area contributed by atoms with E-state index in [0.29, 0.717) is 6.54 Å². The van der Waals surface area contributed by atoms with Crippen molar-refractivity contribution in [3.63, 3.8) is 0 Å². The summed E-state index contributed by atoms with van der Waals surface area (Å²) in [4.78, 5) is 3.95. The third-order valence-electron chi connectivity index (χ3n) is 3.11. The Kier molecular flexibility index (Phi) is 4.52. The molecule has 1 N–H and O–H groups in total. The molecule has 106 valence electrons. The summed E-state index contributed by atoms with van der Waals surface area (Å²) in [5, 5.41) is 0.0587. The number of sulfonamides is 1. The lowest BCUT2D eigenvalue weighted by Crippen LogP contribution is -2.28. The van der Waals surface area contributed by atoms with Gasteiger partial charge in [0.1, 0.15) is 0 Å². The van der Waals surface area contributed by atoms with Gasteiger partial charge < -0.3 is 0 Å². The molecule has 0 amide bonds. The SMILES string of the molecule is Cc1ccc(S(=O)(=O)NCC(C)c2ccccc2)nc1. The fourth-order valence-electron chi connectivity index (χ4n) is 1.82. The van der Waals surface area contributed by atoms with E-state index < -0.39 is 10.0 Å². The van der Waals surface area contributed by atoms with Gasteiger partial charge in [-0.3, -0.25) is 0 Å². The number of nitrogens with one attached hydrogen (secondary N) is 1. The van der Waals surface area contributed by atoms with Crippen molar-refractivity contribution >= 4 is 10.0 Å². The molecule has 0 saturated carbocycles. The highest BCUT2D eigenvalue weighted by Gasteiger charge is 2.16. The van der Waals surface area contributed by atoms with Gasteiger partial charge in [0.2, 0.25) is 0 Å². The van der Waals surface area contributed by atoms with E-state index in [9.17, 15) is 8.42 Å². The topological polar surface area (TPSA) is 59.1 Å². The summed E-state index contributed by atoms with van der Waals surface area (Å²) in [7, 11) is -3.54. The monoisotopic (exact) mass is 290 g/mol. The van der Waals surface area contributed by atoms with Gasteiger partial charge in [-0.25, -0.2) is 18.1 Å². The summed E-state index contributed by atoms with van der Waals surface area (Å²) >= 11 is 0. The Labute approximate surface area is 119 Å². The van der Waals surface area contributed by atoms with Gasteiger partial charge in [0.05, 0.1) is 0 Å². The van der Waals surface area contributed by atoms with Crippen molar-refractivity contribution < 1.29 is 8.42 Å². The predicted molar refractivity (Wildman–Crippen MR) is 79.0 cm³/mol. The predicted octanol–water partition coefficient (Wildman–Crippen LogP) is 2.47. The highest BCUT2D eigenvalue weighted by molar-refractivity contribution is 7.89. The van der Waals surface area contributed by atoms with E-state index in [0.717, 1.165) is 11.1 Å². The smallest absolute Gasteiger partial charge is 0.243 e. The minimum Gasteiger partial charge on any atom is -0.243 e. The van der Waals surface area contributed by atoms with Crippen LogP contribution in [0.5, 0.6) is 0 Å². The zero-order valence-electron chi connectivity index (χ0n) is 11.6. The molecule has 1 aromatic carbocycles. The normalized spacial score (nSPS) is 13.1. The minimum atomic E-state index is -3.54. The van der Waals surface area contributed by atoms with Crippen LogP contribution in [0.2, 0.25) is 0 Å². The van der Waals surface area contributed by atoms with Gasteiger partial charge >= 0.3 is 0 Å². The molecule has 0 aliphatic carbocycles. The summed E-state index contributed by atoms with van der Waals surface area (Å²) in [6, 6.07) is 13.1. The second-order valence-electron chi connectivity index (χ2n) is 4.84. The minimum absolute atomic E-state index is 0.0587. The average molecular weight is 290 g/mol. The van der Waals surface area contributed by atoms with E-state index in [1.807, 2.05) is 44.2 Å². The van der Waals surface area contributed by atoms with Crippen molar-refractivity contribution in [1.29, 1.82) is 0 Å². The molecule has 2 aromatic rings. The van der Waals surface area contributed by atoms with Crippen molar-refractivity contribution in [3.05, 3.63) is 59.8 Å². The summed E-state index contributed by atoms with van der Waals surface area (Å²) in [6.07, 6.45) is 1.55. The second-order valence-corrected chi connectivity index (χ2v) is 6.55. The van der Waals surface area contributed by atoms with Crippen LogP contribution in [0.15, 0.2) is 53.7 Å². The first kappa shape index (κ1) is 14.7. The molecular formula is C15H18N2O2S. The first-order valence-electron chi connectivity index (χ1n) is 6.46. The average Bonchev–Trinajstić information content (AvgIpc) is 2.46. The number of aromatic nitrogens is 1. The molecular weight excluding hydrogens is 272 g/mol. The number of nitrogens with zero attached hydrogens (tertiary/aromatic N) is 1. The summed E-state index contributed by atoms with van der Waals surface area (Å²) < 4.78 is 26.8. The maximum atomic E-state index is 12.1. The first-order chi connectivity index (χ1) is 9.49. The van der Waals surface area contributed by atoms with E-state index in [2.05, 4.69) is 9.71 Å². The van der Waals surface area contributed by atoms with Crippen LogP contribution in [0.1, 0.15) is 24.0 Å². The molecule has 1 aromatic heterocycles. The van der Waals surface area contributed by atoms with E-state index in [1.54, 1.807) is 12.3 Å². The standard InChI is InChI=1S/C15H18N2O2S/c1-12-8-9-15(16-10-12)20(18,19)17-11-13(2)14-6-4-3-5-7-14/h3-10,13,17H,11H2,1-2H3. The van der Waals surface area contributed by atoms with Gasteiger partial charge in [-0.15, -0.1) is 0 Å². The van der Waals surface area contributed by atoms with Crippen molar-refractivity contribution in [1.82, 2.24) is 9.71 Å². The number of hydrogen-bond acceptors (Lipinski definition) is 3. The van der Waals surface area contributed by atoms with Crippen LogP contribution in [0, 0.1) is 6.92 Å². The largest absolute Gasteiger partial charge is 0.258 e. The molecule has 1 heterocycles. The van der Waals surface area contributed by atoms with Gasteiger partial charge in [-0.2, -0.15) is 0 Å². The highest BCUT2D eigenvalue weighted by Crippen LogP contribution is 2.14. The quantitative estimate of drug-likeness (QED) is 0.920. The van der Waals surface area contributed by atoms with Crippen LogP contribution in [-0.4, -0.2) is 19.9 Å². The first-order valence-corrected chi connectivity index (χ1v) is 7.94. The molecule has 4 nitrogen and oxygen atoms in total. The van der Waals surface area contributed by atoms with E-state index in [4.69, 9.17) is 0 Å². The Morgan fingerprint density at radius 1 is 1.15 bits per heavy atom. The van der Waals surface area contributed by atoms with E-state index >= 15 is 0 Å². The molecule has 0 aliphatic rings. The zero-order chi connectivity index (χ0) is 14.6. The molecule has 0 radical (unpaired) electrons. The van der Waals surface area contributed by atoms with Crippen LogP contribution in [0.3, 0.4) is 0 Å². The lowest BCUT2D eigenvalue weighted by Gasteiger charge is -2.13. The molecule has 20 heavy (non-hydrogen) atoms. The number of rotatable bonds is 5. The van der Waals surface area contributed by atoms with Gasteiger partial charge in [0.25, 0.3) is 10.0 Å². The van der Waals surface area contributed by atoms with Crippen LogP contribution in [0.4, 0.5) is 0 Å². The Hall–Kier alpha value is -1.72. The lowest BCUT2D eigenvalue weighted by atomic mass is 10.0. The summed E-state index contributed by atoms with van der Waals surface area (Å²) in [5.41, 5.74) is 2.04. The van der Waals surface area contributed by atoms with Gasteiger partial charge in [0.15, 0.2) is 5.03 Å². The molecule has 1 atom stereocenters. The Balaban J connectivity index is 2.04. The van der Waals surface area contributed by atoms with Gasteiger partial charge in [-0.1, -0.05) is 43.3 Å². The molecule has 5 heteroatoms. The number of pyridine rings is 1. The van der Waals surface area contributed by atoms with Crippen molar-refractivity contribution in [2.24, 2.45) is 0 Å². The van der Waals surface area contributed by atoms with Crippen LogP contribution < -0.4 is 4.72 Å². The lowest BCUT2D eigenvalue weighted by molar-refractivity contribution is 0.571. The molecule has 1 unspecified atom stereocenters. The molecule has 0 spiro atoms. The summed E-state index contributed by atoms with van der Waals surface area (Å²) in [5.74, 6) is 0.108. The van der Waals surface area contributed by atoms with Gasteiger partial charge in [-0.05, 0) is 30.0 Å². The van der Waals surface area contributed by atoms with Crippen LogP contribution in [0.25, 0.3) is 0 Å². The van der Waals surface area contributed by atoms with Crippen molar-refractivity contribution in [3.8, 4) is 0 Å². The Morgan fingerprint density at radius 3 is 2.45 bits per heavy atom. The van der Waals surface area contributed by atoms with Crippen molar-refractivity contribution in [2.45, 2.75) is 24.8 Å². The third-order valence-corrected chi connectivity index (χ3v) is 4.45. The Bertz CT molecular complexity index is 652. The fraction of sp³-hybridized carbons (Fsp3) is 0.267. The molecule has 0 aliphatic heterocycles. The Morgan fingerprint density at radius 2 is 1.85 bits per heavy atom. The summed E-state index contributed by atoms with van der Waals surface area (Å²) in [6.45, 7) is 4.20. The maximum absolute atomic E-state index is 12.1.